The van der Waals surface area contributed by atoms with Gasteiger partial charge < -0.3 is 0 Å². The summed E-state index contributed by atoms with van der Waals surface area (Å²) < 4.78 is 0. The molecule has 0 aliphatic heterocycles. The summed E-state index contributed by atoms with van der Waals surface area (Å²) in [5, 5.41) is 6.20. The Morgan fingerprint density at radius 3 is 2.20 bits per heavy atom. The van der Waals surface area contributed by atoms with Crippen LogP contribution in [0.25, 0.3) is 43.4 Å². The van der Waals surface area contributed by atoms with Gasteiger partial charge >= 0.3 is 0 Å². The molecule has 3 aromatic rings. The van der Waals surface area contributed by atoms with Crippen molar-refractivity contribution < 1.29 is 0 Å². The van der Waals surface area contributed by atoms with Gasteiger partial charge in [0.2, 0.25) is 0 Å². The molecule has 2 aliphatic rings. The fourth-order valence-corrected chi connectivity index (χ4v) is 3.43. The Morgan fingerprint density at radius 2 is 1.30 bits per heavy atom. The maximum absolute atomic E-state index is 12.7. The summed E-state index contributed by atoms with van der Waals surface area (Å²) in [5.41, 5.74) is 2.47. The van der Waals surface area contributed by atoms with Crippen LogP contribution in [0.4, 0.5) is 0 Å². The van der Waals surface area contributed by atoms with E-state index in [1.807, 2.05) is 24.3 Å². The molecular formula is C19H10O. The summed E-state index contributed by atoms with van der Waals surface area (Å²) in [5.74, 6) is 0. The van der Waals surface area contributed by atoms with Crippen molar-refractivity contribution >= 4 is 32.3 Å². The van der Waals surface area contributed by atoms with Gasteiger partial charge in [-0.1, -0.05) is 48.5 Å². The molecule has 0 amide bonds. The highest BCUT2D eigenvalue weighted by atomic mass is 16.1. The van der Waals surface area contributed by atoms with Crippen molar-refractivity contribution in [1.29, 1.82) is 0 Å². The fraction of sp³-hybridized carbons (Fsp3) is 0. The Bertz CT molecular complexity index is 1110. The number of benzene rings is 2. The number of fused-ring (bicyclic) bond motifs is 1. The summed E-state index contributed by atoms with van der Waals surface area (Å²) in [6, 6.07) is 20.6. The lowest BCUT2D eigenvalue weighted by Gasteiger charge is -1.99. The van der Waals surface area contributed by atoms with Crippen LogP contribution in [-0.4, -0.2) is 0 Å². The predicted molar refractivity (Wildman–Crippen MR) is 84.2 cm³/mol. The Morgan fingerprint density at radius 1 is 0.600 bits per heavy atom. The SMILES string of the molecule is O=c1c2cccc3ccc4cc5cccc-5cc1c4c32. The molecule has 0 saturated carbocycles. The summed E-state index contributed by atoms with van der Waals surface area (Å²) in [7, 11) is 0. The minimum absolute atomic E-state index is 0.153. The van der Waals surface area contributed by atoms with Crippen LogP contribution in [0.1, 0.15) is 0 Å². The van der Waals surface area contributed by atoms with Crippen molar-refractivity contribution in [2.24, 2.45) is 0 Å². The van der Waals surface area contributed by atoms with Gasteiger partial charge in [-0.3, -0.25) is 4.79 Å². The second-order valence-electron chi connectivity index (χ2n) is 5.40. The van der Waals surface area contributed by atoms with Gasteiger partial charge in [0.25, 0.3) is 0 Å². The first kappa shape index (κ1) is 10.2. The highest BCUT2D eigenvalue weighted by molar-refractivity contribution is 6.26. The van der Waals surface area contributed by atoms with Gasteiger partial charge in [0.05, 0.1) is 0 Å². The average molecular weight is 254 g/mol. The van der Waals surface area contributed by atoms with Gasteiger partial charge in [-0.2, -0.15) is 0 Å². The topological polar surface area (TPSA) is 17.1 Å². The van der Waals surface area contributed by atoms with Crippen LogP contribution >= 0.6 is 0 Å². The largest absolute Gasteiger partial charge is 0.289 e. The summed E-state index contributed by atoms with van der Waals surface area (Å²) in [6.07, 6.45) is 0. The van der Waals surface area contributed by atoms with Gasteiger partial charge in [0.1, 0.15) is 0 Å². The molecule has 0 unspecified atom stereocenters. The summed E-state index contributed by atoms with van der Waals surface area (Å²) in [6.45, 7) is 0. The van der Waals surface area contributed by atoms with Gasteiger partial charge in [-0.25, -0.2) is 0 Å². The Hall–Kier alpha value is -2.67. The van der Waals surface area contributed by atoms with Crippen molar-refractivity contribution in [3.63, 3.8) is 0 Å². The van der Waals surface area contributed by atoms with E-state index in [0.717, 1.165) is 37.9 Å². The Kier molecular flexibility index (Phi) is 1.65. The predicted octanol–water partition coefficient (Wildman–Crippen LogP) is 4.49. The first-order valence-electron chi connectivity index (χ1n) is 6.76. The third-order valence-corrected chi connectivity index (χ3v) is 4.33. The maximum atomic E-state index is 12.7. The lowest BCUT2D eigenvalue weighted by molar-refractivity contribution is 1.80. The molecule has 3 aromatic carbocycles. The molecule has 0 radical (unpaired) electrons. The van der Waals surface area contributed by atoms with Crippen LogP contribution in [0.2, 0.25) is 0 Å². The van der Waals surface area contributed by atoms with E-state index >= 15 is 0 Å². The lowest BCUT2D eigenvalue weighted by Crippen LogP contribution is -1.92. The molecule has 0 heterocycles. The van der Waals surface area contributed by atoms with Crippen LogP contribution in [0, 0.1) is 0 Å². The molecule has 1 heteroatoms. The van der Waals surface area contributed by atoms with Gasteiger partial charge in [-0.05, 0) is 34.0 Å². The monoisotopic (exact) mass is 254 g/mol. The zero-order chi connectivity index (χ0) is 13.3. The quantitative estimate of drug-likeness (QED) is 0.398. The second kappa shape index (κ2) is 3.26. The zero-order valence-electron chi connectivity index (χ0n) is 10.7. The molecule has 92 valence electrons. The molecule has 0 saturated heterocycles. The van der Waals surface area contributed by atoms with Crippen LogP contribution in [-0.2, 0) is 0 Å². The Labute approximate surface area is 115 Å². The highest BCUT2D eigenvalue weighted by Crippen LogP contribution is 2.36. The van der Waals surface area contributed by atoms with Crippen molar-refractivity contribution in [1.82, 2.24) is 0 Å². The number of hydrogen-bond acceptors (Lipinski definition) is 1. The van der Waals surface area contributed by atoms with E-state index in [9.17, 15) is 4.79 Å². The molecule has 0 spiro atoms. The first-order valence-corrected chi connectivity index (χ1v) is 6.76. The van der Waals surface area contributed by atoms with Gasteiger partial charge in [-0.15, -0.1) is 0 Å². The van der Waals surface area contributed by atoms with Crippen molar-refractivity contribution in [3.05, 3.63) is 70.9 Å². The highest BCUT2D eigenvalue weighted by Gasteiger charge is 2.15. The van der Waals surface area contributed by atoms with E-state index in [1.165, 1.54) is 5.56 Å². The molecule has 0 aromatic heterocycles. The average Bonchev–Trinajstić information content (AvgIpc) is 2.97. The van der Waals surface area contributed by atoms with E-state index < -0.39 is 0 Å². The Balaban J connectivity index is 2.27. The van der Waals surface area contributed by atoms with E-state index in [2.05, 4.69) is 36.4 Å². The molecule has 2 aliphatic carbocycles. The maximum Gasteiger partial charge on any atom is 0.194 e. The van der Waals surface area contributed by atoms with E-state index in [4.69, 9.17) is 0 Å². The standard InChI is InChI=1S/C19H10O/c20-19-15-6-2-3-11-7-8-14-9-12-4-1-5-13(12)10-16(19)18(14)17(11)15/h1-10H. The summed E-state index contributed by atoms with van der Waals surface area (Å²) in [4.78, 5) is 12.7. The first-order chi connectivity index (χ1) is 9.83. The van der Waals surface area contributed by atoms with E-state index in [1.54, 1.807) is 0 Å². The number of rotatable bonds is 0. The van der Waals surface area contributed by atoms with E-state index in [0.29, 0.717) is 0 Å². The summed E-state index contributed by atoms with van der Waals surface area (Å²) >= 11 is 0. The normalized spacial score (nSPS) is 12.2. The third-order valence-electron chi connectivity index (χ3n) is 4.33. The van der Waals surface area contributed by atoms with Crippen molar-refractivity contribution in [2.75, 3.05) is 0 Å². The van der Waals surface area contributed by atoms with Crippen LogP contribution in [0.3, 0.4) is 0 Å². The van der Waals surface area contributed by atoms with Gasteiger partial charge in [0, 0.05) is 21.5 Å². The molecule has 20 heavy (non-hydrogen) atoms. The minimum atomic E-state index is 0.153. The fourth-order valence-electron chi connectivity index (χ4n) is 3.43. The molecule has 0 fully saturated rings. The second-order valence-corrected chi connectivity index (χ2v) is 5.40. The third kappa shape index (κ3) is 1.07. The number of hydrogen-bond donors (Lipinski definition) is 0. The molecule has 1 nitrogen and oxygen atoms in total. The molecular weight excluding hydrogens is 244 g/mol. The molecule has 5 rings (SSSR count). The smallest absolute Gasteiger partial charge is 0.194 e. The minimum Gasteiger partial charge on any atom is -0.289 e. The lowest BCUT2D eigenvalue weighted by atomic mass is 10.0. The molecule has 0 N–H and O–H groups in total. The van der Waals surface area contributed by atoms with Crippen LogP contribution in [0.15, 0.2) is 65.5 Å². The van der Waals surface area contributed by atoms with Crippen LogP contribution in [0.5, 0.6) is 0 Å². The van der Waals surface area contributed by atoms with Crippen molar-refractivity contribution in [2.45, 2.75) is 0 Å². The zero-order valence-corrected chi connectivity index (χ0v) is 10.7. The van der Waals surface area contributed by atoms with Crippen molar-refractivity contribution in [3.8, 4) is 11.1 Å². The van der Waals surface area contributed by atoms with Gasteiger partial charge in [0.15, 0.2) is 5.43 Å². The molecule has 0 atom stereocenters. The van der Waals surface area contributed by atoms with E-state index in [-0.39, 0.29) is 5.43 Å². The van der Waals surface area contributed by atoms with Crippen LogP contribution < -0.4 is 5.43 Å². The molecule has 0 bridgehead atoms.